The first kappa shape index (κ1) is 10.4. The van der Waals surface area contributed by atoms with Gasteiger partial charge < -0.3 is 14.9 Å². The molecule has 0 aliphatic carbocycles. The minimum atomic E-state index is -0.125. The number of hydrogen-bond donors (Lipinski definition) is 2. The minimum absolute atomic E-state index is 0.115. The number of hydrogen-bond acceptors (Lipinski definition) is 3. The van der Waals surface area contributed by atoms with Gasteiger partial charge in [0.2, 0.25) is 0 Å². The number of para-hydroxylation sites is 1. The Morgan fingerprint density at radius 1 is 1.00 bits per heavy atom. The molecule has 3 heteroatoms. The Hall–Kier alpha value is -2.16. The molecule has 0 bridgehead atoms. The second-order valence-corrected chi connectivity index (χ2v) is 3.41. The van der Waals surface area contributed by atoms with Crippen LogP contribution in [0.4, 0.5) is 0 Å². The first-order valence-electron chi connectivity index (χ1n) is 4.87. The summed E-state index contributed by atoms with van der Waals surface area (Å²) in [6.45, 7) is 0. The summed E-state index contributed by atoms with van der Waals surface area (Å²) in [6, 6.07) is 12.2. The van der Waals surface area contributed by atoms with Gasteiger partial charge in [-0.2, -0.15) is 0 Å². The predicted octanol–water partition coefficient (Wildman–Crippen LogP) is 2.77. The van der Waals surface area contributed by atoms with Gasteiger partial charge in [0.1, 0.15) is 5.75 Å². The third-order valence-electron chi connectivity index (χ3n) is 2.40. The van der Waals surface area contributed by atoms with Gasteiger partial charge in [-0.15, -0.1) is 0 Å². The van der Waals surface area contributed by atoms with Crippen LogP contribution in [0.1, 0.15) is 0 Å². The fraction of sp³-hybridized carbons (Fsp3) is 0.0769. The largest absolute Gasteiger partial charge is 0.504 e. The Kier molecular flexibility index (Phi) is 2.68. The lowest BCUT2D eigenvalue weighted by Crippen LogP contribution is -1.84. The van der Waals surface area contributed by atoms with Crippen molar-refractivity contribution in [2.24, 2.45) is 0 Å². The zero-order valence-electron chi connectivity index (χ0n) is 8.84. The van der Waals surface area contributed by atoms with Gasteiger partial charge >= 0.3 is 0 Å². The third kappa shape index (κ3) is 1.80. The predicted molar refractivity (Wildman–Crippen MR) is 61.8 cm³/mol. The maximum absolute atomic E-state index is 9.72. The highest BCUT2D eigenvalue weighted by molar-refractivity contribution is 5.73. The van der Waals surface area contributed by atoms with Crippen LogP contribution in [-0.2, 0) is 0 Å². The molecule has 0 amide bonds. The van der Waals surface area contributed by atoms with E-state index < -0.39 is 0 Å². The molecule has 0 fully saturated rings. The summed E-state index contributed by atoms with van der Waals surface area (Å²) in [5.74, 6) is 0.469. The van der Waals surface area contributed by atoms with Crippen molar-refractivity contribution in [3.8, 4) is 28.4 Å². The number of phenols is 2. The quantitative estimate of drug-likeness (QED) is 0.759. The molecular weight excluding hydrogens is 204 g/mol. The second-order valence-electron chi connectivity index (χ2n) is 3.41. The molecule has 2 N–H and O–H groups in total. The molecule has 0 heterocycles. The fourth-order valence-electron chi connectivity index (χ4n) is 1.55. The lowest BCUT2D eigenvalue weighted by molar-refractivity contribution is 0.405. The lowest BCUT2D eigenvalue weighted by atomic mass is 10.0. The van der Waals surface area contributed by atoms with Crippen LogP contribution in [0.25, 0.3) is 11.1 Å². The number of benzene rings is 2. The lowest BCUT2D eigenvalue weighted by Gasteiger charge is -2.07. The summed E-state index contributed by atoms with van der Waals surface area (Å²) in [5, 5.41) is 19.1. The standard InChI is InChI=1S/C13H12O3/c1-16-10-5-2-4-9(8-10)11-6-3-7-12(14)13(11)15/h2-8,14-15H,1H3. The van der Waals surface area contributed by atoms with E-state index in [0.717, 1.165) is 5.56 Å². The van der Waals surface area contributed by atoms with Crippen molar-refractivity contribution >= 4 is 0 Å². The van der Waals surface area contributed by atoms with Crippen LogP contribution < -0.4 is 4.74 Å². The van der Waals surface area contributed by atoms with E-state index in [2.05, 4.69) is 0 Å². The van der Waals surface area contributed by atoms with Gasteiger partial charge in [-0.1, -0.05) is 24.3 Å². The van der Waals surface area contributed by atoms with Crippen LogP contribution in [0.3, 0.4) is 0 Å². The molecule has 82 valence electrons. The maximum Gasteiger partial charge on any atom is 0.165 e. The summed E-state index contributed by atoms with van der Waals surface area (Å²) >= 11 is 0. The van der Waals surface area contributed by atoms with E-state index in [4.69, 9.17) is 4.74 Å². The maximum atomic E-state index is 9.72. The zero-order chi connectivity index (χ0) is 11.5. The van der Waals surface area contributed by atoms with Crippen molar-refractivity contribution < 1.29 is 14.9 Å². The van der Waals surface area contributed by atoms with Crippen LogP contribution in [0.15, 0.2) is 42.5 Å². The summed E-state index contributed by atoms with van der Waals surface area (Å²) < 4.78 is 5.10. The molecule has 0 atom stereocenters. The van der Waals surface area contributed by atoms with Crippen LogP contribution in [0.5, 0.6) is 17.2 Å². The Morgan fingerprint density at radius 3 is 2.50 bits per heavy atom. The average Bonchev–Trinajstić information content (AvgIpc) is 2.33. The van der Waals surface area contributed by atoms with Crippen LogP contribution >= 0.6 is 0 Å². The molecule has 0 aliphatic heterocycles. The van der Waals surface area contributed by atoms with Crippen molar-refractivity contribution in [1.29, 1.82) is 0 Å². The summed E-state index contributed by atoms with van der Waals surface area (Å²) in [6.07, 6.45) is 0. The van der Waals surface area contributed by atoms with Gasteiger partial charge in [0.15, 0.2) is 11.5 Å². The molecule has 0 aliphatic rings. The van der Waals surface area contributed by atoms with Gasteiger partial charge in [-0.3, -0.25) is 0 Å². The monoisotopic (exact) mass is 216 g/mol. The van der Waals surface area contributed by atoms with E-state index in [1.807, 2.05) is 18.2 Å². The number of ether oxygens (including phenoxy) is 1. The first-order valence-corrected chi connectivity index (χ1v) is 4.87. The molecule has 2 aromatic rings. The van der Waals surface area contributed by atoms with E-state index in [9.17, 15) is 10.2 Å². The smallest absolute Gasteiger partial charge is 0.165 e. The van der Waals surface area contributed by atoms with Gasteiger partial charge in [-0.25, -0.2) is 0 Å². The van der Waals surface area contributed by atoms with Crippen LogP contribution in [-0.4, -0.2) is 17.3 Å². The third-order valence-corrected chi connectivity index (χ3v) is 2.40. The van der Waals surface area contributed by atoms with E-state index in [1.165, 1.54) is 6.07 Å². The SMILES string of the molecule is COc1cccc(-c2cccc(O)c2O)c1. The topological polar surface area (TPSA) is 49.7 Å². The van der Waals surface area contributed by atoms with Gasteiger partial charge in [0.05, 0.1) is 7.11 Å². The highest BCUT2D eigenvalue weighted by Gasteiger charge is 2.08. The van der Waals surface area contributed by atoms with E-state index in [-0.39, 0.29) is 11.5 Å². The van der Waals surface area contributed by atoms with E-state index in [1.54, 1.807) is 25.3 Å². The summed E-state index contributed by atoms with van der Waals surface area (Å²) in [5.41, 5.74) is 1.38. The summed E-state index contributed by atoms with van der Waals surface area (Å²) in [7, 11) is 1.58. The Morgan fingerprint density at radius 2 is 1.75 bits per heavy atom. The molecule has 16 heavy (non-hydrogen) atoms. The fourth-order valence-corrected chi connectivity index (χ4v) is 1.55. The molecule has 0 saturated heterocycles. The molecule has 3 nitrogen and oxygen atoms in total. The first-order chi connectivity index (χ1) is 7.72. The van der Waals surface area contributed by atoms with Crippen molar-refractivity contribution in [2.75, 3.05) is 7.11 Å². The molecule has 0 saturated carbocycles. The Bertz CT molecular complexity index is 506. The Labute approximate surface area is 93.6 Å². The van der Waals surface area contributed by atoms with Gasteiger partial charge in [0, 0.05) is 5.56 Å². The summed E-state index contributed by atoms with van der Waals surface area (Å²) in [4.78, 5) is 0. The van der Waals surface area contributed by atoms with Crippen molar-refractivity contribution in [2.45, 2.75) is 0 Å². The number of methoxy groups -OCH3 is 1. The second kappa shape index (κ2) is 4.14. The Balaban J connectivity index is 2.54. The van der Waals surface area contributed by atoms with E-state index in [0.29, 0.717) is 11.3 Å². The molecule has 0 unspecified atom stereocenters. The molecule has 0 aromatic heterocycles. The average molecular weight is 216 g/mol. The van der Waals surface area contributed by atoms with Crippen molar-refractivity contribution in [3.63, 3.8) is 0 Å². The molecular formula is C13H12O3. The van der Waals surface area contributed by atoms with Crippen molar-refractivity contribution in [3.05, 3.63) is 42.5 Å². The van der Waals surface area contributed by atoms with Crippen LogP contribution in [0, 0.1) is 0 Å². The van der Waals surface area contributed by atoms with Crippen LogP contribution in [0.2, 0.25) is 0 Å². The highest BCUT2D eigenvalue weighted by atomic mass is 16.5. The molecule has 2 rings (SSSR count). The number of rotatable bonds is 2. The number of phenolic OH excluding ortho intramolecular Hbond substituents is 2. The molecule has 0 radical (unpaired) electrons. The molecule has 0 spiro atoms. The minimum Gasteiger partial charge on any atom is -0.504 e. The van der Waals surface area contributed by atoms with Gasteiger partial charge in [0.25, 0.3) is 0 Å². The normalized spacial score (nSPS) is 10.1. The molecule has 2 aromatic carbocycles. The van der Waals surface area contributed by atoms with Gasteiger partial charge in [-0.05, 0) is 23.8 Å². The van der Waals surface area contributed by atoms with E-state index >= 15 is 0 Å². The zero-order valence-corrected chi connectivity index (χ0v) is 8.84. The van der Waals surface area contributed by atoms with Crippen molar-refractivity contribution in [1.82, 2.24) is 0 Å². The highest BCUT2D eigenvalue weighted by Crippen LogP contribution is 2.36. The number of aromatic hydroxyl groups is 2.